The highest BCUT2D eigenvalue weighted by Gasteiger charge is 2.26. The van der Waals surface area contributed by atoms with Crippen LogP contribution in [-0.2, 0) is 16.1 Å². The van der Waals surface area contributed by atoms with E-state index in [1.807, 2.05) is 62.4 Å². The Bertz CT molecular complexity index is 865. The maximum Gasteiger partial charge on any atom is 0.261 e. The lowest BCUT2D eigenvalue weighted by Crippen LogP contribution is -2.49. The van der Waals surface area contributed by atoms with Crippen molar-refractivity contribution in [3.8, 4) is 5.75 Å². The van der Waals surface area contributed by atoms with E-state index in [-0.39, 0.29) is 24.3 Å². The van der Waals surface area contributed by atoms with Gasteiger partial charge in [-0.1, -0.05) is 74.0 Å². The Balaban J connectivity index is 2.17. The van der Waals surface area contributed by atoms with Crippen molar-refractivity contribution in [3.05, 3.63) is 64.1 Å². The van der Waals surface area contributed by atoms with E-state index in [0.29, 0.717) is 24.8 Å². The van der Waals surface area contributed by atoms with E-state index in [0.717, 1.165) is 15.6 Å². The number of ether oxygens (including phenoxy) is 1. The number of para-hydroxylation sites is 1. The maximum absolute atomic E-state index is 13.2. The van der Waals surface area contributed by atoms with E-state index >= 15 is 0 Å². The molecule has 0 fully saturated rings. The summed E-state index contributed by atoms with van der Waals surface area (Å²) in [5.74, 6) is 0.926. The van der Waals surface area contributed by atoms with Crippen LogP contribution < -0.4 is 10.1 Å². The van der Waals surface area contributed by atoms with Gasteiger partial charge in [-0.3, -0.25) is 9.59 Å². The van der Waals surface area contributed by atoms with E-state index in [2.05, 4.69) is 35.1 Å². The largest absolute Gasteiger partial charge is 0.483 e. The average Bonchev–Trinajstić information content (AvgIpc) is 2.75. The summed E-state index contributed by atoms with van der Waals surface area (Å²) in [5.41, 5.74) is 2.00. The molecule has 0 saturated carbocycles. The van der Waals surface area contributed by atoms with Crippen LogP contribution >= 0.6 is 15.9 Å². The van der Waals surface area contributed by atoms with Crippen LogP contribution in [0, 0.1) is 5.92 Å². The number of carbonyl (C=O) groups is 2. The van der Waals surface area contributed by atoms with Crippen LogP contribution in [0.25, 0.3) is 0 Å². The molecule has 6 heteroatoms. The molecular weight excluding hydrogens is 456 g/mol. The molecule has 0 radical (unpaired) electrons. The molecule has 5 nitrogen and oxygen atoms in total. The van der Waals surface area contributed by atoms with Crippen LogP contribution in [0.2, 0.25) is 0 Å². The third kappa shape index (κ3) is 7.69. The topological polar surface area (TPSA) is 58.6 Å². The van der Waals surface area contributed by atoms with Crippen LogP contribution in [0.3, 0.4) is 0 Å². The van der Waals surface area contributed by atoms with Gasteiger partial charge >= 0.3 is 0 Å². The standard InChI is InChI=1S/C25H33BrN2O3/c1-17(2)14-27-25(30)19(5)28(15-20-10-12-21(26)13-11-20)24(29)16-31-23-9-7-6-8-22(23)18(3)4/h6-13,17-19H,14-16H2,1-5H3,(H,27,30)/t19-/m0/s1. The molecule has 0 aliphatic rings. The molecule has 0 aliphatic carbocycles. The summed E-state index contributed by atoms with van der Waals surface area (Å²) in [4.78, 5) is 27.4. The highest BCUT2D eigenvalue weighted by molar-refractivity contribution is 9.10. The summed E-state index contributed by atoms with van der Waals surface area (Å²) in [5, 5.41) is 2.93. The highest BCUT2D eigenvalue weighted by Crippen LogP contribution is 2.26. The third-order valence-electron chi connectivity index (χ3n) is 5.01. The molecule has 168 valence electrons. The summed E-state index contributed by atoms with van der Waals surface area (Å²) in [6.45, 7) is 10.8. The van der Waals surface area contributed by atoms with Crippen LogP contribution in [-0.4, -0.2) is 35.9 Å². The van der Waals surface area contributed by atoms with Crippen LogP contribution in [0.15, 0.2) is 53.0 Å². The molecule has 2 amide bonds. The molecule has 0 bridgehead atoms. The Kier molecular flexibility index (Phi) is 9.56. The van der Waals surface area contributed by atoms with E-state index in [1.165, 1.54) is 0 Å². The minimum absolute atomic E-state index is 0.123. The van der Waals surface area contributed by atoms with Crippen molar-refractivity contribution in [3.63, 3.8) is 0 Å². The lowest BCUT2D eigenvalue weighted by molar-refractivity contribution is -0.142. The molecule has 0 aliphatic heterocycles. The maximum atomic E-state index is 13.2. The second kappa shape index (κ2) is 11.9. The molecule has 0 heterocycles. The first-order valence-corrected chi connectivity index (χ1v) is 11.5. The zero-order valence-electron chi connectivity index (χ0n) is 19.0. The van der Waals surface area contributed by atoms with E-state index in [4.69, 9.17) is 4.74 Å². The predicted octanol–water partition coefficient (Wildman–Crippen LogP) is 5.14. The second-order valence-electron chi connectivity index (χ2n) is 8.44. The number of amides is 2. The van der Waals surface area contributed by atoms with Crippen LogP contribution in [0.5, 0.6) is 5.75 Å². The molecule has 2 rings (SSSR count). The fourth-order valence-electron chi connectivity index (χ4n) is 3.13. The van der Waals surface area contributed by atoms with Gasteiger partial charge in [-0.25, -0.2) is 0 Å². The van der Waals surface area contributed by atoms with E-state index in [9.17, 15) is 9.59 Å². The molecule has 2 aromatic rings. The number of benzene rings is 2. The summed E-state index contributed by atoms with van der Waals surface area (Å²) < 4.78 is 6.86. The van der Waals surface area contributed by atoms with Gasteiger partial charge in [-0.2, -0.15) is 0 Å². The van der Waals surface area contributed by atoms with Crippen molar-refractivity contribution in [2.75, 3.05) is 13.2 Å². The minimum Gasteiger partial charge on any atom is -0.483 e. The van der Waals surface area contributed by atoms with Gasteiger partial charge in [0, 0.05) is 17.6 Å². The zero-order valence-corrected chi connectivity index (χ0v) is 20.6. The number of hydrogen-bond donors (Lipinski definition) is 1. The van der Waals surface area contributed by atoms with Gasteiger partial charge in [0.25, 0.3) is 5.91 Å². The van der Waals surface area contributed by atoms with Gasteiger partial charge in [0.2, 0.25) is 5.91 Å². The summed E-state index contributed by atoms with van der Waals surface area (Å²) in [6.07, 6.45) is 0. The number of rotatable bonds is 10. The zero-order chi connectivity index (χ0) is 23.0. The number of halogens is 1. The lowest BCUT2D eigenvalue weighted by atomic mass is 10.0. The molecule has 1 N–H and O–H groups in total. The normalized spacial score (nSPS) is 12.0. The molecule has 0 saturated heterocycles. The van der Waals surface area contributed by atoms with Crippen molar-refractivity contribution < 1.29 is 14.3 Å². The van der Waals surface area contributed by atoms with Gasteiger partial charge in [0.1, 0.15) is 11.8 Å². The number of nitrogens with zero attached hydrogens (tertiary/aromatic N) is 1. The minimum atomic E-state index is -0.612. The smallest absolute Gasteiger partial charge is 0.261 e. The van der Waals surface area contributed by atoms with Crippen LogP contribution in [0.4, 0.5) is 0 Å². The monoisotopic (exact) mass is 488 g/mol. The second-order valence-corrected chi connectivity index (χ2v) is 9.36. The Labute approximate surface area is 194 Å². The average molecular weight is 489 g/mol. The van der Waals surface area contributed by atoms with E-state index in [1.54, 1.807) is 11.8 Å². The fraction of sp³-hybridized carbons (Fsp3) is 0.440. The third-order valence-corrected chi connectivity index (χ3v) is 5.54. The fourth-order valence-corrected chi connectivity index (χ4v) is 3.40. The quantitative estimate of drug-likeness (QED) is 0.503. The van der Waals surface area contributed by atoms with Gasteiger partial charge in [-0.05, 0) is 48.1 Å². The summed E-state index contributed by atoms with van der Waals surface area (Å²) >= 11 is 3.43. The molecular formula is C25H33BrN2O3. The molecule has 0 unspecified atom stereocenters. The van der Waals surface area contributed by atoms with Crippen molar-refractivity contribution >= 4 is 27.7 Å². The Morgan fingerprint density at radius 2 is 1.65 bits per heavy atom. The van der Waals surface area contributed by atoms with Crippen molar-refractivity contribution in [1.82, 2.24) is 10.2 Å². The molecule has 0 aromatic heterocycles. The predicted molar refractivity (Wildman–Crippen MR) is 128 cm³/mol. The first-order chi connectivity index (χ1) is 14.7. The Morgan fingerprint density at radius 1 is 1.00 bits per heavy atom. The molecule has 2 aromatic carbocycles. The lowest BCUT2D eigenvalue weighted by Gasteiger charge is -2.29. The van der Waals surface area contributed by atoms with Gasteiger partial charge in [0.15, 0.2) is 6.61 Å². The van der Waals surface area contributed by atoms with Crippen LogP contribution in [0.1, 0.15) is 51.7 Å². The Hall–Kier alpha value is -2.34. The highest BCUT2D eigenvalue weighted by atomic mass is 79.9. The number of hydrogen-bond acceptors (Lipinski definition) is 3. The van der Waals surface area contributed by atoms with Gasteiger partial charge < -0.3 is 15.0 Å². The summed E-state index contributed by atoms with van der Waals surface area (Å²) in [7, 11) is 0. The first-order valence-electron chi connectivity index (χ1n) is 10.7. The van der Waals surface area contributed by atoms with Crippen molar-refractivity contribution in [1.29, 1.82) is 0 Å². The number of nitrogens with one attached hydrogen (secondary N) is 1. The SMILES string of the molecule is CC(C)CNC(=O)[C@H](C)N(Cc1ccc(Br)cc1)C(=O)COc1ccccc1C(C)C. The Morgan fingerprint density at radius 3 is 2.26 bits per heavy atom. The summed E-state index contributed by atoms with van der Waals surface area (Å²) in [6, 6.07) is 14.9. The molecule has 1 atom stereocenters. The van der Waals surface area contributed by atoms with Crippen molar-refractivity contribution in [2.24, 2.45) is 5.92 Å². The van der Waals surface area contributed by atoms with Crippen molar-refractivity contribution in [2.45, 2.75) is 53.1 Å². The molecule has 0 spiro atoms. The number of carbonyl (C=O) groups excluding carboxylic acids is 2. The first kappa shape index (κ1) is 24.9. The molecule has 31 heavy (non-hydrogen) atoms. The van der Waals surface area contributed by atoms with E-state index < -0.39 is 6.04 Å². The van der Waals surface area contributed by atoms with Gasteiger partial charge in [0.05, 0.1) is 0 Å². The van der Waals surface area contributed by atoms with Gasteiger partial charge in [-0.15, -0.1) is 0 Å².